The molecule has 0 saturated heterocycles. The average molecular weight is 348 g/mol. The van der Waals surface area contributed by atoms with Gasteiger partial charge in [-0.3, -0.25) is 4.98 Å². The number of nitrogens with one attached hydrogen (secondary N) is 1. The van der Waals surface area contributed by atoms with Crippen LogP contribution in [0.4, 0.5) is 5.82 Å². The van der Waals surface area contributed by atoms with E-state index >= 15 is 0 Å². The molecular weight excluding hydrogens is 324 g/mol. The van der Waals surface area contributed by atoms with Crippen molar-refractivity contribution in [3.8, 4) is 0 Å². The summed E-state index contributed by atoms with van der Waals surface area (Å²) in [7, 11) is -3.55. The molecule has 2 rings (SSSR count). The van der Waals surface area contributed by atoms with E-state index in [1.165, 1.54) is 10.5 Å². The Morgan fingerprint density at radius 1 is 1.08 bits per heavy atom. The second-order valence-corrected chi connectivity index (χ2v) is 7.96. The molecule has 0 saturated carbocycles. The molecule has 7 heteroatoms. The van der Waals surface area contributed by atoms with Gasteiger partial charge in [0, 0.05) is 37.2 Å². The zero-order valence-corrected chi connectivity index (χ0v) is 15.3. The normalized spacial score (nSPS) is 12.1. The summed E-state index contributed by atoms with van der Waals surface area (Å²) < 4.78 is 27.0. The van der Waals surface area contributed by atoms with Gasteiger partial charge in [0.25, 0.3) is 0 Å². The highest BCUT2D eigenvalue weighted by Gasteiger charge is 2.29. The Kier molecular flexibility index (Phi) is 5.90. The highest BCUT2D eigenvalue weighted by Crippen LogP contribution is 2.21. The van der Waals surface area contributed by atoms with Crippen LogP contribution in [0, 0.1) is 0 Å². The second-order valence-electron chi connectivity index (χ2n) is 6.12. The first-order valence-electron chi connectivity index (χ1n) is 7.94. The first kappa shape index (κ1) is 18.4. The van der Waals surface area contributed by atoms with Gasteiger partial charge in [-0.15, -0.1) is 0 Å². The Labute approximate surface area is 144 Å². The van der Waals surface area contributed by atoms with Crippen molar-refractivity contribution >= 4 is 15.8 Å². The zero-order chi connectivity index (χ0) is 17.7. The topological polar surface area (TPSA) is 75.2 Å². The zero-order valence-electron chi connectivity index (χ0n) is 14.5. The fourth-order valence-corrected chi connectivity index (χ4v) is 4.39. The van der Waals surface area contributed by atoms with E-state index in [4.69, 9.17) is 0 Å². The molecule has 0 aliphatic rings. The molecule has 0 aliphatic heterocycles. The van der Waals surface area contributed by atoms with Gasteiger partial charge in [0.05, 0.1) is 0 Å². The number of pyridine rings is 2. The fourth-order valence-electron chi connectivity index (χ4n) is 2.61. The fraction of sp³-hybridized carbons (Fsp3) is 0.412. The van der Waals surface area contributed by atoms with Gasteiger partial charge in [0.15, 0.2) is 0 Å². The van der Waals surface area contributed by atoms with E-state index < -0.39 is 10.0 Å². The summed E-state index contributed by atoms with van der Waals surface area (Å²) in [5.74, 6) is 0.624. The van der Waals surface area contributed by atoms with Gasteiger partial charge in [0.2, 0.25) is 10.0 Å². The molecule has 0 spiro atoms. The van der Waals surface area contributed by atoms with Crippen LogP contribution in [0.1, 0.15) is 33.3 Å². The number of sulfonamides is 1. The van der Waals surface area contributed by atoms with E-state index in [2.05, 4.69) is 15.3 Å². The lowest BCUT2D eigenvalue weighted by molar-refractivity contribution is 0.302. The molecule has 2 aromatic rings. The van der Waals surface area contributed by atoms with Gasteiger partial charge in [-0.2, -0.15) is 4.31 Å². The summed E-state index contributed by atoms with van der Waals surface area (Å²) in [6.45, 7) is 8.06. The van der Waals surface area contributed by atoms with E-state index in [9.17, 15) is 8.42 Å². The molecule has 0 amide bonds. The molecule has 1 N–H and O–H groups in total. The summed E-state index contributed by atoms with van der Waals surface area (Å²) in [4.78, 5) is 8.48. The number of hydrogen-bond acceptors (Lipinski definition) is 5. The third kappa shape index (κ3) is 4.30. The molecule has 0 unspecified atom stereocenters. The molecule has 0 radical (unpaired) electrons. The van der Waals surface area contributed by atoms with Crippen molar-refractivity contribution in [2.75, 3.05) is 5.32 Å². The third-order valence-electron chi connectivity index (χ3n) is 3.53. The first-order chi connectivity index (χ1) is 11.3. The quantitative estimate of drug-likeness (QED) is 0.833. The number of anilines is 1. The summed E-state index contributed by atoms with van der Waals surface area (Å²) >= 11 is 0. The highest BCUT2D eigenvalue weighted by atomic mass is 32.2. The van der Waals surface area contributed by atoms with Crippen molar-refractivity contribution in [2.24, 2.45) is 0 Å². The van der Waals surface area contributed by atoms with E-state index in [-0.39, 0.29) is 17.0 Å². The van der Waals surface area contributed by atoms with Crippen molar-refractivity contribution in [2.45, 2.75) is 51.2 Å². The van der Waals surface area contributed by atoms with Crippen molar-refractivity contribution in [3.05, 3.63) is 48.4 Å². The van der Waals surface area contributed by atoms with Crippen LogP contribution in [0.5, 0.6) is 0 Å². The number of rotatable bonds is 7. The largest absolute Gasteiger partial charge is 0.366 e. The molecule has 130 valence electrons. The molecule has 0 bridgehead atoms. The van der Waals surface area contributed by atoms with Crippen LogP contribution >= 0.6 is 0 Å². The Morgan fingerprint density at radius 2 is 1.79 bits per heavy atom. The Morgan fingerprint density at radius 3 is 2.29 bits per heavy atom. The third-order valence-corrected chi connectivity index (χ3v) is 5.76. The van der Waals surface area contributed by atoms with Gasteiger partial charge in [-0.1, -0.05) is 6.07 Å². The SMILES string of the molecule is CC(C)N(C(C)C)S(=O)(=O)c1ccc(NCc2cccnc2)nc1. The average Bonchev–Trinajstić information content (AvgIpc) is 2.53. The van der Waals surface area contributed by atoms with Crippen LogP contribution in [0.15, 0.2) is 47.8 Å². The van der Waals surface area contributed by atoms with Crippen LogP contribution in [0.3, 0.4) is 0 Å². The second kappa shape index (κ2) is 7.72. The number of nitrogens with zero attached hydrogens (tertiary/aromatic N) is 3. The molecule has 2 aromatic heterocycles. The van der Waals surface area contributed by atoms with Gasteiger partial charge in [-0.25, -0.2) is 13.4 Å². The maximum atomic E-state index is 12.8. The summed E-state index contributed by atoms with van der Waals surface area (Å²) in [6.07, 6.45) is 4.89. The first-order valence-corrected chi connectivity index (χ1v) is 9.38. The molecule has 2 heterocycles. The van der Waals surface area contributed by atoms with E-state index in [1.807, 2.05) is 39.8 Å². The maximum absolute atomic E-state index is 12.8. The maximum Gasteiger partial charge on any atom is 0.245 e. The minimum absolute atomic E-state index is 0.113. The molecule has 0 aliphatic carbocycles. The molecular formula is C17H24N4O2S. The predicted molar refractivity (Wildman–Crippen MR) is 95.1 cm³/mol. The van der Waals surface area contributed by atoms with Gasteiger partial charge >= 0.3 is 0 Å². The summed E-state index contributed by atoms with van der Waals surface area (Å²) in [6, 6.07) is 6.87. The number of aromatic nitrogens is 2. The summed E-state index contributed by atoms with van der Waals surface area (Å²) in [5.41, 5.74) is 1.03. The predicted octanol–water partition coefficient (Wildman–Crippen LogP) is 2.90. The van der Waals surface area contributed by atoms with Crippen molar-refractivity contribution in [3.63, 3.8) is 0 Å². The van der Waals surface area contributed by atoms with Crippen molar-refractivity contribution in [1.82, 2.24) is 14.3 Å². The van der Waals surface area contributed by atoms with Crippen molar-refractivity contribution < 1.29 is 8.42 Å². The Bertz CT molecular complexity index is 736. The van der Waals surface area contributed by atoms with Gasteiger partial charge in [0.1, 0.15) is 10.7 Å². The lowest BCUT2D eigenvalue weighted by Crippen LogP contribution is -2.41. The molecule has 0 fully saturated rings. The van der Waals surface area contributed by atoms with Crippen LogP contribution in [0.25, 0.3) is 0 Å². The highest BCUT2D eigenvalue weighted by molar-refractivity contribution is 7.89. The molecule has 24 heavy (non-hydrogen) atoms. The molecule has 0 aromatic carbocycles. The minimum Gasteiger partial charge on any atom is -0.366 e. The van der Waals surface area contributed by atoms with Gasteiger partial charge < -0.3 is 5.32 Å². The molecule has 6 nitrogen and oxygen atoms in total. The van der Waals surface area contributed by atoms with Crippen LogP contribution in [-0.2, 0) is 16.6 Å². The number of hydrogen-bond donors (Lipinski definition) is 1. The van der Waals surface area contributed by atoms with Crippen LogP contribution < -0.4 is 5.32 Å². The minimum atomic E-state index is -3.55. The smallest absolute Gasteiger partial charge is 0.245 e. The monoisotopic (exact) mass is 348 g/mol. The molecule has 0 atom stereocenters. The Hall–Kier alpha value is -1.99. The van der Waals surface area contributed by atoms with E-state index in [0.717, 1.165) is 5.56 Å². The van der Waals surface area contributed by atoms with Crippen LogP contribution in [0.2, 0.25) is 0 Å². The standard InChI is InChI=1S/C17H24N4O2S/c1-13(2)21(14(3)4)24(22,23)16-7-8-17(20-12-16)19-11-15-6-5-9-18-10-15/h5-10,12-14H,11H2,1-4H3,(H,19,20). The van der Waals surface area contributed by atoms with E-state index in [1.54, 1.807) is 24.5 Å². The van der Waals surface area contributed by atoms with Crippen molar-refractivity contribution in [1.29, 1.82) is 0 Å². The van der Waals surface area contributed by atoms with E-state index in [0.29, 0.717) is 12.4 Å². The summed E-state index contributed by atoms with van der Waals surface area (Å²) in [5, 5.41) is 3.15. The van der Waals surface area contributed by atoms with Gasteiger partial charge in [-0.05, 0) is 51.5 Å². The Balaban J connectivity index is 2.13. The lowest BCUT2D eigenvalue weighted by Gasteiger charge is -2.29. The lowest BCUT2D eigenvalue weighted by atomic mass is 10.3. The van der Waals surface area contributed by atoms with Crippen LogP contribution in [-0.4, -0.2) is 34.8 Å².